The van der Waals surface area contributed by atoms with Crippen LogP contribution >= 0.6 is 0 Å². The predicted octanol–water partition coefficient (Wildman–Crippen LogP) is 7.86. The van der Waals surface area contributed by atoms with Crippen molar-refractivity contribution in [1.29, 1.82) is 0 Å². The van der Waals surface area contributed by atoms with Crippen LogP contribution in [0.15, 0.2) is 97.3 Å². The number of phenolic OH excluding ortho intramolecular Hbond substituents is 1. The van der Waals surface area contributed by atoms with E-state index in [9.17, 15) is 14.7 Å². The summed E-state index contributed by atoms with van der Waals surface area (Å²) in [6.45, 7) is 3.32. The van der Waals surface area contributed by atoms with E-state index in [2.05, 4.69) is 28.6 Å². The van der Waals surface area contributed by atoms with Gasteiger partial charge in [-0.2, -0.15) is 0 Å². The van der Waals surface area contributed by atoms with E-state index in [1.54, 1.807) is 59.8 Å². The third-order valence-electron chi connectivity index (χ3n) is 9.26. The fourth-order valence-corrected chi connectivity index (χ4v) is 7.09. The molecule has 0 spiro atoms. The third-order valence-corrected chi connectivity index (χ3v) is 9.26. The van der Waals surface area contributed by atoms with Crippen LogP contribution in [0.1, 0.15) is 69.8 Å². The van der Waals surface area contributed by atoms with Crippen LogP contribution < -0.4 is 4.90 Å². The normalized spacial score (nSPS) is 15.6. The number of rotatable bonds is 6. The Kier molecular flexibility index (Phi) is 7.86. The van der Waals surface area contributed by atoms with Crippen LogP contribution in [0.25, 0.3) is 11.3 Å². The number of anilines is 2. The van der Waals surface area contributed by atoms with E-state index >= 15 is 4.39 Å². The van der Waals surface area contributed by atoms with Crippen LogP contribution in [0.3, 0.4) is 0 Å². The van der Waals surface area contributed by atoms with Crippen molar-refractivity contribution in [3.8, 4) is 17.0 Å². The van der Waals surface area contributed by atoms with Gasteiger partial charge in [0.05, 0.1) is 17.3 Å². The highest BCUT2D eigenvalue weighted by Crippen LogP contribution is 2.39. The van der Waals surface area contributed by atoms with E-state index < -0.39 is 5.82 Å². The molecular weight excluding hydrogens is 579 g/mol. The topological polar surface area (TPSA) is 78.7 Å². The van der Waals surface area contributed by atoms with Gasteiger partial charge in [-0.15, -0.1) is 0 Å². The van der Waals surface area contributed by atoms with Crippen molar-refractivity contribution < 1.29 is 19.1 Å². The van der Waals surface area contributed by atoms with Crippen LogP contribution in [0.5, 0.6) is 5.75 Å². The third kappa shape index (κ3) is 5.23. The molecule has 0 saturated carbocycles. The van der Waals surface area contributed by atoms with E-state index in [4.69, 9.17) is 0 Å². The molecule has 3 aromatic carbocycles. The summed E-state index contributed by atoms with van der Waals surface area (Å²) in [5.74, 6) is -0.737. The summed E-state index contributed by atoms with van der Waals surface area (Å²) in [7, 11) is 0. The average molecular weight is 615 g/mol. The van der Waals surface area contributed by atoms with Gasteiger partial charge in [0.15, 0.2) is 0 Å². The Labute approximate surface area is 267 Å². The van der Waals surface area contributed by atoms with Crippen molar-refractivity contribution in [3.63, 3.8) is 0 Å². The molecule has 8 heteroatoms. The monoisotopic (exact) mass is 614 g/mol. The van der Waals surface area contributed by atoms with Gasteiger partial charge in [-0.05, 0) is 104 Å². The number of carbonyl (C=O) groups excluding carboxylic acids is 2. The minimum absolute atomic E-state index is 0.0760. The van der Waals surface area contributed by atoms with Crippen LogP contribution in [0.2, 0.25) is 0 Å². The second-order valence-electron chi connectivity index (χ2n) is 11.9. The first-order valence-corrected chi connectivity index (χ1v) is 15.9. The Morgan fingerprint density at radius 3 is 2.43 bits per heavy atom. The second-order valence-corrected chi connectivity index (χ2v) is 11.9. The molecular formula is C38H35FN4O3. The van der Waals surface area contributed by atoms with Gasteiger partial charge in [-0.25, -0.2) is 4.39 Å². The lowest BCUT2D eigenvalue weighted by atomic mass is 9.90. The van der Waals surface area contributed by atoms with E-state index in [1.165, 1.54) is 17.7 Å². The number of benzene rings is 3. The van der Waals surface area contributed by atoms with Crippen LogP contribution in [0, 0.1) is 5.82 Å². The maximum atomic E-state index is 15.0. The average Bonchev–Trinajstić information content (AvgIpc) is 3.48. The largest absolute Gasteiger partial charge is 0.508 e. The SMILES string of the molecule is CCC1c2ccccc2CCN1C(=O)c1ccc(F)cc1-c1cc(C(=O)N(c2ccncc2)c2ccc(O)cc2)c2n1CCCC2. The molecule has 2 aliphatic rings. The molecule has 2 aromatic heterocycles. The molecule has 0 radical (unpaired) electrons. The Hall–Kier alpha value is -5.24. The number of amides is 2. The molecule has 0 fully saturated rings. The zero-order valence-corrected chi connectivity index (χ0v) is 25.7. The maximum absolute atomic E-state index is 15.0. The van der Waals surface area contributed by atoms with Crippen molar-refractivity contribution >= 4 is 23.2 Å². The van der Waals surface area contributed by atoms with E-state index in [0.29, 0.717) is 53.3 Å². The molecule has 0 aliphatic carbocycles. The van der Waals surface area contributed by atoms with Crippen molar-refractivity contribution in [2.45, 2.75) is 51.6 Å². The summed E-state index contributed by atoms with van der Waals surface area (Å²) in [4.78, 5) is 36.6. The highest BCUT2D eigenvalue weighted by atomic mass is 19.1. The standard InChI is InChI=1S/C38H35FN4O3/c1-2-34-30-8-4-3-7-25(30)18-22-42(34)37(45)31-15-10-26(39)23-32(31)36-24-33(35-9-5-6-21-41(35)36)38(46)43(28-16-19-40-20-17-28)27-11-13-29(44)14-12-27/h3-4,7-8,10-17,19-20,23-24,34,44H,2,5-6,9,18,21-22H2,1H3. The number of aromatic nitrogens is 2. The van der Waals surface area contributed by atoms with Crippen LogP contribution in [-0.2, 0) is 19.4 Å². The van der Waals surface area contributed by atoms with Gasteiger partial charge in [0.1, 0.15) is 11.6 Å². The molecule has 2 aliphatic heterocycles. The summed E-state index contributed by atoms with van der Waals surface area (Å²) in [6.07, 6.45) is 7.29. The molecule has 0 bridgehead atoms. The van der Waals surface area contributed by atoms with Gasteiger partial charge in [0.2, 0.25) is 0 Å². The van der Waals surface area contributed by atoms with Gasteiger partial charge in [0, 0.05) is 53.7 Å². The Balaban J connectivity index is 1.33. The number of pyridine rings is 1. The molecule has 0 saturated heterocycles. The number of hydrogen-bond acceptors (Lipinski definition) is 4. The summed E-state index contributed by atoms with van der Waals surface area (Å²) >= 11 is 0. The van der Waals surface area contributed by atoms with E-state index in [-0.39, 0.29) is 23.6 Å². The smallest absolute Gasteiger partial charge is 0.264 e. The first-order valence-electron chi connectivity index (χ1n) is 15.9. The molecule has 7 rings (SSSR count). The van der Waals surface area contributed by atoms with Gasteiger partial charge in [-0.3, -0.25) is 19.5 Å². The van der Waals surface area contributed by atoms with E-state index in [1.807, 2.05) is 23.1 Å². The van der Waals surface area contributed by atoms with Crippen molar-refractivity contribution in [3.05, 3.63) is 131 Å². The first-order chi connectivity index (χ1) is 22.4. The zero-order chi connectivity index (χ0) is 31.8. The molecule has 232 valence electrons. The number of hydrogen-bond donors (Lipinski definition) is 1. The summed E-state index contributed by atoms with van der Waals surface area (Å²) < 4.78 is 17.1. The molecule has 1 atom stereocenters. The van der Waals surface area contributed by atoms with Gasteiger partial charge >= 0.3 is 0 Å². The number of nitrogens with zero attached hydrogens (tertiary/aromatic N) is 4. The summed E-state index contributed by atoms with van der Waals surface area (Å²) in [5.41, 5.74) is 6.57. The number of aromatic hydroxyl groups is 1. The van der Waals surface area contributed by atoms with Crippen molar-refractivity contribution in [2.75, 3.05) is 11.4 Å². The van der Waals surface area contributed by atoms with Gasteiger partial charge < -0.3 is 14.6 Å². The number of carbonyl (C=O) groups is 2. The quantitative estimate of drug-likeness (QED) is 0.211. The maximum Gasteiger partial charge on any atom is 0.264 e. The summed E-state index contributed by atoms with van der Waals surface area (Å²) in [6, 6.07) is 24.4. The van der Waals surface area contributed by atoms with Gasteiger partial charge in [-0.1, -0.05) is 31.2 Å². The minimum atomic E-state index is -0.440. The highest BCUT2D eigenvalue weighted by Gasteiger charge is 2.33. The molecule has 1 N–H and O–H groups in total. The fraction of sp³-hybridized carbons (Fsp3) is 0.237. The Morgan fingerprint density at radius 1 is 0.891 bits per heavy atom. The number of phenols is 1. The van der Waals surface area contributed by atoms with Crippen molar-refractivity contribution in [2.24, 2.45) is 0 Å². The molecule has 46 heavy (non-hydrogen) atoms. The second kappa shape index (κ2) is 12.3. The lowest BCUT2D eigenvalue weighted by Gasteiger charge is -2.37. The van der Waals surface area contributed by atoms with Crippen molar-refractivity contribution in [1.82, 2.24) is 14.5 Å². The van der Waals surface area contributed by atoms with E-state index in [0.717, 1.165) is 36.9 Å². The van der Waals surface area contributed by atoms with Crippen LogP contribution in [0.4, 0.5) is 15.8 Å². The highest BCUT2D eigenvalue weighted by molar-refractivity contribution is 6.12. The fourth-order valence-electron chi connectivity index (χ4n) is 7.09. The minimum Gasteiger partial charge on any atom is -0.508 e. The number of fused-ring (bicyclic) bond motifs is 2. The zero-order valence-electron chi connectivity index (χ0n) is 25.7. The molecule has 7 nitrogen and oxygen atoms in total. The lowest BCUT2D eigenvalue weighted by Crippen LogP contribution is -2.40. The van der Waals surface area contributed by atoms with Gasteiger partial charge in [0.25, 0.3) is 11.8 Å². The molecule has 4 heterocycles. The lowest BCUT2D eigenvalue weighted by molar-refractivity contribution is 0.0656. The number of halogens is 1. The molecule has 2 amide bonds. The first kappa shape index (κ1) is 29.5. The summed E-state index contributed by atoms with van der Waals surface area (Å²) in [5, 5.41) is 9.94. The Bertz CT molecular complexity index is 1920. The van der Waals surface area contributed by atoms with Crippen LogP contribution in [-0.4, -0.2) is 37.9 Å². The molecule has 1 unspecified atom stereocenters. The Morgan fingerprint density at radius 2 is 1.65 bits per heavy atom. The predicted molar refractivity (Wildman–Crippen MR) is 176 cm³/mol. The molecule has 5 aromatic rings.